The van der Waals surface area contributed by atoms with Gasteiger partial charge in [-0.2, -0.15) is 0 Å². The Morgan fingerprint density at radius 2 is 1.35 bits per heavy atom. The number of thiophene rings is 1. The molecule has 2 heterocycles. The topological polar surface area (TPSA) is 4.93 Å². The van der Waals surface area contributed by atoms with E-state index in [1.165, 1.54) is 58.4 Å². The van der Waals surface area contributed by atoms with Crippen molar-refractivity contribution in [1.29, 1.82) is 0 Å². The van der Waals surface area contributed by atoms with E-state index in [2.05, 4.69) is 118 Å². The molecule has 0 saturated heterocycles. The molecule has 0 amide bonds. The van der Waals surface area contributed by atoms with Crippen LogP contribution in [0.4, 0.5) is 0 Å². The van der Waals surface area contributed by atoms with Crippen LogP contribution in [0.5, 0.6) is 0 Å². The summed E-state index contributed by atoms with van der Waals surface area (Å²) in [7, 11) is 0. The van der Waals surface area contributed by atoms with Gasteiger partial charge in [0, 0.05) is 41.8 Å². The van der Waals surface area contributed by atoms with Crippen LogP contribution in [-0.2, 0) is 0 Å². The molecule has 146 valence electrons. The maximum Gasteiger partial charge on any atom is 0.0720 e. The molecule has 0 saturated carbocycles. The van der Waals surface area contributed by atoms with Crippen molar-refractivity contribution in [2.75, 3.05) is 0 Å². The average Bonchev–Trinajstić information content (AvgIpc) is 3.36. The second kappa shape index (κ2) is 6.43. The summed E-state index contributed by atoms with van der Waals surface area (Å²) in [6, 6.07) is 35.0. The van der Waals surface area contributed by atoms with E-state index in [-0.39, 0.29) is 0 Å². The zero-order valence-electron chi connectivity index (χ0n) is 16.5. The van der Waals surface area contributed by atoms with E-state index in [0.29, 0.717) is 0 Å². The molecule has 0 bridgehead atoms. The van der Waals surface area contributed by atoms with Gasteiger partial charge in [-0.1, -0.05) is 88.7 Å². The SMILES string of the molecule is Brc1cc2c3ccc4ccccc4c3n(-c3ccccc3)c2c2sc3ccccc3c12. The van der Waals surface area contributed by atoms with E-state index in [1.54, 1.807) is 0 Å². The van der Waals surface area contributed by atoms with Gasteiger partial charge >= 0.3 is 0 Å². The molecule has 5 aromatic carbocycles. The molecule has 0 aliphatic rings. The van der Waals surface area contributed by atoms with Crippen molar-refractivity contribution in [3.8, 4) is 5.69 Å². The zero-order chi connectivity index (χ0) is 20.5. The summed E-state index contributed by atoms with van der Waals surface area (Å²) in [6.07, 6.45) is 0. The smallest absolute Gasteiger partial charge is 0.0720 e. The lowest BCUT2D eigenvalue weighted by molar-refractivity contribution is 1.19. The Morgan fingerprint density at radius 1 is 0.613 bits per heavy atom. The average molecular weight is 478 g/mol. The number of rotatable bonds is 1. The summed E-state index contributed by atoms with van der Waals surface area (Å²) in [5.41, 5.74) is 3.76. The molecule has 0 spiro atoms. The number of hydrogen-bond acceptors (Lipinski definition) is 1. The molecule has 2 aromatic heterocycles. The molecule has 0 unspecified atom stereocenters. The van der Waals surface area contributed by atoms with E-state index in [1.807, 2.05) is 11.3 Å². The number of fused-ring (bicyclic) bond motifs is 9. The third-order valence-corrected chi connectivity index (χ3v) is 8.03. The van der Waals surface area contributed by atoms with Crippen LogP contribution in [0.15, 0.2) is 102 Å². The highest BCUT2D eigenvalue weighted by atomic mass is 79.9. The van der Waals surface area contributed by atoms with E-state index in [4.69, 9.17) is 0 Å². The molecular formula is C28H16BrNS. The Balaban J connectivity index is 1.84. The highest BCUT2D eigenvalue weighted by Crippen LogP contribution is 2.47. The second-order valence-electron chi connectivity index (χ2n) is 7.91. The summed E-state index contributed by atoms with van der Waals surface area (Å²) in [4.78, 5) is 0. The minimum absolute atomic E-state index is 1.16. The predicted molar refractivity (Wildman–Crippen MR) is 139 cm³/mol. The standard InChI is InChI=1S/C28H16BrNS/c29-23-16-22-20-15-14-17-8-4-5-11-19(17)26(20)30(18-9-2-1-3-10-18)27(22)28-25(23)21-12-6-7-13-24(21)31-28/h1-16H. The fraction of sp³-hybridized carbons (Fsp3) is 0. The predicted octanol–water partition coefficient (Wildman–Crippen LogP) is 9.07. The Bertz CT molecular complexity index is 1790. The van der Waals surface area contributed by atoms with Crippen molar-refractivity contribution >= 4 is 80.0 Å². The van der Waals surface area contributed by atoms with Gasteiger partial charge in [-0.05, 0) is 29.7 Å². The number of halogens is 1. The molecular weight excluding hydrogens is 462 g/mol. The first kappa shape index (κ1) is 17.5. The van der Waals surface area contributed by atoms with Gasteiger partial charge in [0.15, 0.2) is 0 Å². The first-order chi connectivity index (χ1) is 15.3. The lowest BCUT2D eigenvalue weighted by Gasteiger charge is -2.10. The van der Waals surface area contributed by atoms with Crippen LogP contribution in [0.2, 0.25) is 0 Å². The molecule has 1 nitrogen and oxygen atoms in total. The van der Waals surface area contributed by atoms with Crippen LogP contribution < -0.4 is 0 Å². The maximum atomic E-state index is 3.92. The Morgan fingerprint density at radius 3 is 2.23 bits per heavy atom. The molecule has 3 heteroatoms. The summed E-state index contributed by atoms with van der Waals surface area (Å²) < 4.78 is 6.28. The first-order valence-electron chi connectivity index (χ1n) is 10.3. The van der Waals surface area contributed by atoms with E-state index >= 15 is 0 Å². The molecule has 7 aromatic rings. The summed E-state index contributed by atoms with van der Waals surface area (Å²) in [5.74, 6) is 0. The molecule has 0 fully saturated rings. The Hall–Kier alpha value is -3.14. The molecule has 7 rings (SSSR count). The zero-order valence-corrected chi connectivity index (χ0v) is 18.9. The number of hydrogen-bond donors (Lipinski definition) is 0. The molecule has 0 radical (unpaired) electrons. The van der Waals surface area contributed by atoms with Gasteiger partial charge in [-0.3, -0.25) is 0 Å². The molecule has 0 aliphatic carbocycles. The van der Waals surface area contributed by atoms with Gasteiger partial charge in [0.25, 0.3) is 0 Å². The van der Waals surface area contributed by atoms with Gasteiger partial charge in [0.2, 0.25) is 0 Å². The number of aromatic nitrogens is 1. The number of nitrogens with zero attached hydrogens (tertiary/aromatic N) is 1. The van der Waals surface area contributed by atoms with Gasteiger partial charge < -0.3 is 4.57 Å². The summed E-state index contributed by atoms with van der Waals surface area (Å²) in [6.45, 7) is 0. The fourth-order valence-electron chi connectivity index (χ4n) is 4.93. The minimum Gasteiger partial charge on any atom is -0.307 e. The molecule has 0 atom stereocenters. The first-order valence-corrected chi connectivity index (χ1v) is 11.9. The summed E-state index contributed by atoms with van der Waals surface area (Å²) in [5, 5.41) is 7.74. The van der Waals surface area contributed by atoms with Gasteiger partial charge in [-0.25, -0.2) is 0 Å². The van der Waals surface area contributed by atoms with Crippen LogP contribution in [0.3, 0.4) is 0 Å². The van der Waals surface area contributed by atoms with Crippen molar-refractivity contribution in [3.05, 3.63) is 102 Å². The van der Waals surface area contributed by atoms with Crippen LogP contribution in [-0.4, -0.2) is 4.57 Å². The van der Waals surface area contributed by atoms with Gasteiger partial charge in [0.1, 0.15) is 0 Å². The van der Waals surface area contributed by atoms with Gasteiger partial charge in [-0.15, -0.1) is 11.3 Å². The summed E-state index contributed by atoms with van der Waals surface area (Å²) >= 11 is 5.80. The highest BCUT2D eigenvalue weighted by molar-refractivity contribution is 9.10. The van der Waals surface area contributed by atoms with Crippen LogP contribution in [0, 0.1) is 0 Å². The fourth-order valence-corrected chi connectivity index (χ4v) is 6.97. The van der Waals surface area contributed by atoms with Crippen LogP contribution in [0.1, 0.15) is 0 Å². The normalized spacial score (nSPS) is 12.0. The molecule has 0 N–H and O–H groups in total. The molecule has 31 heavy (non-hydrogen) atoms. The van der Waals surface area contributed by atoms with Crippen LogP contribution in [0.25, 0.3) is 58.4 Å². The van der Waals surface area contributed by atoms with E-state index in [9.17, 15) is 0 Å². The van der Waals surface area contributed by atoms with Gasteiger partial charge in [0.05, 0.1) is 15.7 Å². The third-order valence-electron chi connectivity index (χ3n) is 6.23. The van der Waals surface area contributed by atoms with Crippen molar-refractivity contribution in [2.45, 2.75) is 0 Å². The largest absolute Gasteiger partial charge is 0.307 e. The Kier molecular flexibility index (Phi) is 3.64. The van der Waals surface area contributed by atoms with Crippen LogP contribution >= 0.6 is 27.3 Å². The van der Waals surface area contributed by atoms with E-state index < -0.39 is 0 Å². The maximum absolute atomic E-state index is 3.92. The minimum atomic E-state index is 1.16. The number of para-hydroxylation sites is 1. The Labute approximate surface area is 191 Å². The lowest BCUT2D eigenvalue weighted by atomic mass is 10.0. The van der Waals surface area contributed by atoms with Crippen molar-refractivity contribution in [3.63, 3.8) is 0 Å². The monoisotopic (exact) mass is 477 g/mol. The number of benzene rings is 5. The highest BCUT2D eigenvalue weighted by Gasteiger charge is 2.20. The quantitative estimate of drug-likeness (QED) is 0.222. The van der Waals surface area contributed by atoms with E-state index in [0.717, 1.165) is 4.47 Å². The van der Waals surface area contributed by atoms with Crippen molar-refractivity contribution in [2.24, 2.45) is 0 Å². The van der Waals surface area contributed by atoms with Crippen molar-refractivity contribution in [1.82, 2.24) is 4.57 Å². The molecule has 0 aliphatic heterocycles. The lowest BCUT2D eigenvalue weighted by Crippen LogP contribution is -1.94. The third kappa shape index (κ3) is 2.36. The van der Waals surface area contributed by atoms with Crippen molar-refractivity contribution < 1.29 is 0 Å². The second-order valence-corrected chi connectivity index (χ2v) is 9.82.